The smallest absolute Gasteiger partial charge is 0.259 e. The van der Waals surface area contributed by atoms with Gasteiger partial charge in [0.15, 0.2) is 5.76 Å². The summed E-state index contributed by atoms with van der Waals surface area (Å²) in [5.74, 6) is 0.841. The molecule has 2 N–H and O–H groups in total. The van der Waals surface area contributed by atoms with Gasteiger partial charge in [-0.25, -0.2) is 0 Å². The zero-order valence-electron chi connectivity index (χ0n) is 11.7. The summed E-state index contributed by atoms with van der Waals surface area (Å²) in [7, 11) is 0. The van der Waals surface area contributed by atoms with Gasteiger partial charge in [-0.3, -0.25) is 4.79 Å². The summed E-state index contributed by atoms with van der Waals surface area (Å²) in [6, 6.07) is 0.0883. The predicted molar refractivity (Wildman–Crippen MR) is 75.7 cm³/mol. The number of hydrogen-bond acceptors (Lipinski definition) is 4. The molecule has 1 aliphatic heterocycles. The molecule has 2 rings (SSSR count). The van der Waals surface area contributed by atoms with Gasteiger partial charge in [-0.05, 0) is 19.8 Å². The fourth-order valence-electron chi connectivity index (χ4n) is 2.39. The number of halogens is 1. The van der Waals surface area contributed by atoms with Crippen molar-refractivity contribution in [1.29, 1.82) is 0 Å². The first-order chi connectivity index (χ1) is 8.50. The highest BCUT2D eigenvalue weighted by molar-refractivity contribution is 5.96. The molecule has 108 valence electrons. The Labute approximate surface area is 119 Å². The van der Waals surface area contributed by atoms with Crippen molar-refractivity contribution in [3.05, 3.63) is 17.0 Å². The fraction of sp³-hybridized carbons (Fsp3) is 0.692. The Hall–Kier alpha value is -1.07. The highest BCUT2D eigenvalue weighted by Crippen LogP contribution is 2.24. The minimum absolute atomic E-state index is 0. The van der Waals surface area contributed by atoms with Gasteiger partial charge in [0.25, 0.3) is 5.91 Å². The van der Waals surface area contributed by atoms with Gasteiger partial charge in [-0.1, -0.05) is 19.0 Å². The summed E-state index contributed by atoms with van der Waals surface area (Å²) in [6.45, 7) is 7.21. The lowest BCUT2D eigenvalue weighted by molar-refractivity contribution is 0.0705. The number of aryl methyl sites for hydroxylation is 1. The number of piperidine rings is 1. The van der Waals surface area contributed by atoms with Crippen LogP contribution in [-0.4, -0.2) is 35.1 Å². The van der Waals surface area contributed by atoms with E-state index in [4.69, 9.17) is 10.3 Å². The van der Waals surface area contributed by atoms with Crippen molar-refractivity contribution in [2.45, 2.75) is 45.6 Å². The van der Waals surface area contributed by atoms with E-state index in [0.717, 1.165) is 19.4 Å². The average Bonchev–Trinajstić information content (AvgIpc) is 2.70. The highest BCUT2D eigenvalue weighted by atomic mass is 35.5. The molecule has 0 spiro atoms. The molecule has 1 saturated heterocycles. The normalized spacial score (nSPS) is 19.4. The molecule has 19 heavy (non-hydrogen) atoms. The molecular formula is C13H22ClN3O2. The molecule has 0 radical (unpaired) electrons. The topological polar surface area (TPSA) is 72.4 Å². The van der Waals surface area contributed by atoms with E-state index < -0.39 is 0 Å². The van der Waals surface area contributed by atoms with Crippen LogP contribution in [-0.2, 0) is 0 Å². The van der Waals surface area contributed by atoms with Gasteiger partial charge in [0, 0.05) is 25.0 Å². The Bertz CT molecular complexity index is 445. The van der Waals surface area contributed by atoms with Crippen LogP contribution in [0.5, 0.6) is 0 Å². The van der Waals surface area contributed by atoms with Crippen LogP contribution < -0.4 is 5.73 Å². The molecule has 1 aromatic rings. The van der Waals surface area contributed by atoms with Crippen molar-refractivity contribution in [2.24, 2.45) is 5.73 Å². The number of amides is 1. The summed E-state index contributed by atoms with van der Waals surface area (Å²) < 4.78 is 5.27. The number of carbonyl (C=O) groups is 1. The molecule has 1 aromatic heterocycles. The number of likely N-dealkylation sites (tertiary alicyclic amines) is 1. The molecule has 0 aromatic carbocycles. The molecule has 5 nitrogen and oxygen atoms in total. The second kappa shape index (κ2) is 6.39. The number of hydrogen-bond donors (Lipinski definition) is 1. The lowest BCUT2D eigenvalue weighted by Crippen LogP contribution is -2.46. The molecule has 1 amide bonds. The molecule has 0 aliphatic carbocycles. The number of nitrogens with two attached hydrogens (primary N) is 1. The first kappa shape index (κ1) is 16.0. The van der Waals surface area contributed by atoms with Crippen LogP contribution in [0.1, 0.15) is 54.4 Å². The molecule has 6 heteroatoms. The first-order valence-electron chi connectivity index (χ1n) is 6.51. The van der Waals surface area contributed by atoms with Crippen LogP contribution in [0.25, 0.3) is 0 Å². The van der Waals surface area contributed by atoms with E-state index in [1.807, 2.05) is 25.7 Å². The second-order valence-electron chi connectivity index (χ2n) is 5.32. The third-order valence-corrected chi connectivity index (χ3v) is 3.37. The van der Waals surface area contributed by atoms with Gasteiger partial charge in [-0.15, -0.1) is 12.4 Å². The maximum Gasteiger partial charge on any atom is 0.259 e. The van der Waals surface area contributed by atoms with Crippen molar-refractivity contribution in [1.82, 2.24) is 10.1 Å². The van der Waals surface area contributed by atoms with Crippen LogP contribution in [0.4, 0.5) is 0 Å². The van der Waals surface area contributed by atoms with Crippen molar-refractivity contribution in [3.8, 4) is 0 Å². The highest BCUT2D eigenvalue weighted by Gasteiger charge is 2.29. The van der Waals surface area contributed by atoms with E-state index in [0.29, 0.717) is 23.6 Å². The van der Waals surface area contributed by atoms with Gasteiger partial charge in [0.2, 0.25) is 0 Å². The standard InChI is InChI=1S/C13H21N3O2.ClH/c1-8(2)12-11(9(3)15-18-12)13(17)16-6-4-5-10(14)7-16;/h8,10H,4-7,14H2,1-3H3;1H. The van der Waals surface area contributed by atoms with Crippen molar-refractivity contribution in [2.75, 3.05) is 13.1 Å². The summed E-state index contributed by atoms with van der Waals surface area (Å²) in [5, 5.41) is 3.92. The lowest BCUT2D eigenvalue weighted by Gasteiger charge is -2.30. The quantitative estimate of drug-likeness (QED) is 0.904. The first-order valence-corrected chi connectivity index (χ1v) is 6.51. The summed E-state index contributed by atoms with van der Waals surface area (Å²) in [5.41, 5.74) is 7.21. The zero-order chi connectivity index (χ0) is 13.3. The van der Waals surface area contributed by atoms with E-state index in [2.05, 4.69) is 5.16 Å². The molecule has 0 bridgehead atoms. The number of nitrogens with zero attached hydrogens (tertiary/aromatic N) is 2. The second-order valence-corrected chi connectivity index (χ2v) is 5.32. The Kier molecular flexibility index (Phi) is 5.38. The summed E-state index contributed by atoms with van der Waals surface area (Å²) >= 11 is 0. The summed E-state index contributed by atoms with van der Waals surface area (Å²) in [6.07, 6.45) is 1.96. The maximum atomic E-state index is 12.5. The molecule has 2 heterocycles. The van der Waals surface area contributed by atoms with E-state index in [-0.39, 0.29) is 30.3 Å². The van der Waals surface area contributed by atoms with E-state index in [9.17, 15) is 4.79 Å². The van der Waals surface area contributed by atoms with Gasteiger partial charge in [0.1, 0.15) is 5.56 Å². The number of carbonyl (C=O) groups excluding carboxylic acids is 1. The lowest BCUT2D eigenvalue weighted by atomic mass is 10.0. The Morgan fingerprint density at radius 2 is 2.21 bits per heavy atom. The zero-order valence-corrected chi connectivity index (χ0v) is 12.5. The van der Waals surface area contributed by atoms with E-state index in [1.54, 1.807) is 0 Å². The average molecular weight is 288 g/mol. The van der Waals surface area contributed by atoms with Crippen LogP contribution in [0, 0.1) is 6.92 Å². The SMILES string of the molecule is Cc1noc(C(C)C)c1C(=O)N1CCCC(N)C1.Cl. The van der Waals surface area contributed by atoms with Crippen molar-refractivity contribution < 1.29 is 9.32 Å². The van der Waals surface area contributed by atoms with Crippen LogP contribution in [0.2, 0.25) is 0 Å². The largest absolute Gasteiger partial charge is 0.360 e. The van der Waals surface area contributed by atoms with Gasteiger partial charge < -0.3 is 15.2 Å². The fourth-order valence-corrected chi connectivity index (χ4v) is 2.39. The maximum absolute atomic E-state index is 12.5. The van der Waals surface area contributed by atoms with Crippen LogP contribution in [0.3, 0.4) is 0 Å². The molecule has 0 saturated carbocycles. The third-order valence-electron chi connectivity index (χ3n) is 3.37. The van der Waals surface area contributed by atoms with Crippen molar-refractivity contribution in [3.63, 3.8) is 0 Å². The van der Waals surface area contributed by atoms with E-state index >= 15 is 0 Å². The van der Waals surface area contributed by atoms with Crippen LogP contribution >= 0.6 is 12.4 Å². The van der Waals surface area contributed by atoms with Gasteiger partial charge in [0.05, 0.1) is 5.69 Å². The third kappa shape index (κ3) is 3.28. The van der Waals surface area contributed by atoms with Gasteiger partial charge >= 0.3 is 0 Å². The monoisotopic (exact) mass is 287 g/mol. The summed E-state index contributed by atoms with van der Waals surface area (Å²) in [4.78, 5) is 14.3. The number of aromatic nitrogens is 1. The molecular weight excluding hydrogens is 266 g/mol. The predicted octanol–water partition coefficient (Wildman–Crippen LogP) is 2.09. The molecule has 1 unspecified atom stereocenters. The molecule has 1 aliphatic rings. The van der Waals surface area contributed by atoms with E-state index in [1.165, 1.54) is 0 Å². The Balaban J connectivity index is 0.00000180. The minimum atomic E-state index is 0. The minimum Gasteiger partial charge on any atom is -0.360 e. The Morgan fingerprint density at radius 3 is 2.79 bits per heavy atom. The molecule has 1 atom stereocenters. The van der Waals surface area contributed by atoms with Gasteiger partial charge in [-0.2, -0.15) is 0 Å². The van der Waals surface area contributed by atoms with Crippen molar-refractivity contribution >= 4 is 18.3 Å². The Morgan fingerprint density at radius 1 is 1.53 bits per heavy atom. The van der Waals surface area contributed by atoms with Crippen LogP contribution in [0.15, 0.2) is 4.52 Å². The number of rotatable bonds is 2. The molecule has 1 fully saturated rings.